The normalized spacial score (nSPS) is 38.0. The lowest BCUT2D eigenvalue weighted by atomic mass is 10.2. The number of nitrogens with one attached hydrogen (secondary N) is 2. The Morgan fingerprint density at radius 3 is 2.67 bits per heavy atom. The van der Waals surface area contributed by atoms with Gasteiger partial charge in [-0.25, -0.2) is 0 Å². The lowest BCUT2D eigenvalue weighted by molar-refractivity contribution is 0.524. The van der Waals surface area contributed by atoms with E-state index in [0.717, 1.165) is 25.6 Å². The molecule has 0 aromatic carbocycles. The maximum absolute atomic E-state index is 3.43. The van der Waals surface area contributed by atoms with Crippen molar-refractivity contribution in [3.8, 4) is 0 Å². The second-order valence-corrected chi connectivity index (χ2v) is 3.07. The summed E-state index contributed by atoms with van der Waals surface area (Å²) in [4.78, 5) is 0. The number of hydrogen-bond acceptors (Lipinski definition) is 2. The highest BCUT2D eigenvalue weighted by Gasteiger charge is 2.09. The van der Waals surface area contributed by atoms with E-state index < -0.39 is 0 Å². The molecule has 1 fully saturated rings. The van der Waals surface area contributed by atoms with E-state index in [4.69, 9.17) is 0 Å². The summed E-state index contributed by atoms with van der Waals surface area (Å²) in [7, 11) is 0. The fourth-order valence-electron chi connectivity index (χ4n) is 1.09. The highest BCUT2D eigenvalue weighted by molar-refractivity contribution is 4.72. The third-order valence-electron chi connectivity index (χ3n) is 1.76. The zero-order chi connectivity index (χ0) is 6.69. The Bertz CT molecular complexity index is 73.0. The highest BCUT2D eigenvalue weighted by Crippen LogP contribution is 1.94. The van der Waals surface area contributed by atoms with Gasteiger partial charge in [0.05, 0.1) is 0 Å². The minimum atomic E-state index is 0.648. The molecular formula is C7H16N2. The summed E-state index contributed by atoms with van der Waals surface area (Å²) in [6.07, 6.45) is 0. The van der Waals surface area contributed by atoms with Gasteiger partial charge < -0.3 is 10.6 Å². The average Bonchev–Trinajstić information content (AvgIpc) is 1.97. The predicted molar refractivity (Wildman–Crippen MR) is 39.5 cm³/mol. The quantitative estimate of drug-likeness (QED) is 0.487. The fraction of sp³-hybridized carbons (Fsp3) is 1.00. The summed E-state index contributed by atoms with van der Waals surface area (Å²) < 4.78 is 0. The van der Waals surface area contributed by atoms with Gasteiger partial charge in [-0.15, -0.1) is 0 Å². The molecule has 0 aromatic heterocycles. The first kappa shape index (κ1) is 7.03. The molecule has 2 nitrogen and oxygen atoms in total. The number of hydrogen-bond donors (Lipinski definition) is 2. The zero-order valence-corrected chi connectivity index (χ0v) is 6.28. The molecule has 1 rings (SSSR count). The van der Waals surface area contributed by atoms with E-state index >= 15 is 0 Å². The lowest BCUT2D eigenvalue weighted by Crippen LogP contribution is -2.32. The van der Waals surface area contributed by atoms with Crippen LogP contribution in [0.15, 0.2) is 0 Å². The Labute approximate surface area is 57.0 Å². The van der Waals surface area contributed by atoms with E-state index in [9.17, 15) is 0 Å². The summed E-state index contributed by atoms with van der Waals surface area (Å²) >= 11 is 0. The van der Waals surface area contributed by atoms with Crippen LogP contribution in [0.5, 0.6) is 0 Å². The van der Waals surface area contributed by atoms with Crippen LogP contribution in [0.3, 0.4) is 0 Å². The SMILES string of the molecule is CC1CNCC(C)NC1. The molecule has 1 aliphatic rings. The predicted octanol–water partition coefficient (Wildman–Crippen LogP) is 0.204. The second-order valence-electron chi connectivity index (χ2n) is 3.07. The topological polar surface area (TPSA) is 24.1 Å². The maximum Gasteiger partial charge on any atom is 0.0164 e. The van der Waals surface area contributed by atoms with Crippen LogP contribution in [0.25, 0.3) is 0 Å². The Morgan fingerprint density at radius 2 is 1.89 bits per heavy atom. The Kier molecular flexibility index (Phi) is 2.49. The van der Waals surface area contributed by atoms with Crippen LogP contribution in [0, 0.1) is 5.92 Å². The zero-order valence-electron chi connectivity index (χ0n) is 6.28. The van der Waals surface area contributed by atoms with E-state index in [1.54, 1.807) is 0 Å². The van der Waals surface area contributed by atoms with Crippen LogP contribution in [0.4, 0.5) is 0 Å². The lowest BCUT2D eigenvalue weighted by Gasteiger charge is -2.08. The standard InChI is InChI=1S/C7H16N2/c1-6-3-8-5-7(2)9-4-6/h6-9H,3-5H2,1-2H3. The van der Waals surface area contributed by atoms with Crippen molar-refractivity contribution in [3.05, 3.63) is 0 Å². The van der Waals surface area contributed by atoms with Crippen LogP contribution >= 0.6 is 0 Å². The fourth-order valence-corrected chi connectivity index (χ4v) is 1.09. The monoisotopic (exact) mass is 128 g/mol. The van der Waals surface area contributed by atoms with Crippen molar-refractivity contribution >= 4 is 0 Å². The van der Waals surface area contributed by atoms with E-state index in [-0.39, 0.29) is 0 Å². The largest absolute Gasteiger partial charge is 0.315 e. The molecule has 2 N–H and O–H groups in total. The van der Waals surface area contributed by atoms with E-state index in [2.05, 4.69) is 24.5 Å². The van der Waals surface area contributed by atoms with Crippen molar-refractivity contribution in [2.24, 2.45) is 5.92 Å². The van der Waals surface area contributed by atoms with Crippen molar-refractivity contribution in [1.29, 1.82) is 0 Å². The van der Waals surface area contributed by atoms with Crippen LogP contribution in [0.1, 0.15) is 13.8 Å². The van der Waals surface area contributed by atoms with Gasteiger partial charge in [0.25, 0.3) is 0 Å². The first-order valence-corrected chi connectivity index (χ1v) is 3.73. The molecule has 9 heavy (non-hydrogen) atoms. The molecule has 54 valence electrons. The van der Waals surface area contributed by atoms with Crippen molar-refractivity contribution in [2.75, 3.05) is 19.6 Å². The molecule has 1 saturated heterocycles. The van der Waals surface area contributed by atoms with Gasteiger partial charge in [0.2, 0.25) is 0 Å². The maximum atomic E-state index is 3.43. The van der Waals surface area contributed by atoms with Gasteiger partial charge in [0, 0.05) is 12.6 Å². The van der Waals surface area contributed by atoms with Crippen LogP contribution in [-0.4, -0.2) is 25.7 Å². The van der Waals surface area contributed by atoms with Crippen LogP contribution in [0.2, 0.25) is 0 Å². The molecule has 0 aromatic rings. The van der Waals surface area contributed by atoms with Crippen molar-refractivity contribution in [2.45, 2.75) is 19.9 Å². The molecule has 0 radical (unpaired) electrons. The molecule has 2 heteroatoms. The summed E-state index contributed by atoms with van der Waals surface area (Å²) in [5.41, 5.74) is 0. The van der Waals surface area contributed by atoms with E-state index in [0.29, 0.717) is 6.04 Å². The van der Waals surface area contributed by atoms with Gasteiger partial charge in [0.15, 0.2) is 0 Å². The highest BCUT2D eigenvalue weighted by atomic mass is 15.0. The smallest absolute Gasteiger partial charge is 0.0164 e. The molecule has 2 unspecified atom stereocenters. The molecule has 2 atom stereocenters. The molecule has 0 saturated carbocycles. The Hall–Kier alpha value is -0.0800. The second kappa shape index (κ2) is 3.18. The third kappa shape index (κ3) is 2.33. The molecule has 1 heterocycles. The van der Waals surface area contributed by atoms with Gasteiger partial charge in [-0.3, -0.25) is 0 Å². The summed E-state index contributed by atoms with van der Waals surface area (Å²) in [5, 5.41) is 6.82. The van der Waals surface area contributed by atoms with Crippen LogP contribution in [-0.2, 0) is 0 Å². The van der Waals surface area contributed by atoms with E-state index in [1.165, 1.54) is 0 Å². The van der Waals surface area contributed by atoms with Gasteiger partial charge in [-0.1, -0.05) is 6.92 Å². The first-order chi connectivity index (χ1) is 4.29. The first-order valence-electron chi connectivity index (χ1n) is 3.73. The summed E-state index contributed by atoms with van der Waals surface area (Å²) in [6.45, 7) is 7.92. The Balaban J connectivity index is 2.25. The Morgan fingerprint density at radius 1 is 1.11 bits per heavy atom. The van der Waals surface area contributed by atoms with Gasteiger partial charge in [-0.05, 0) is 25.9 Å². The average molecular weight is 128 g/mol. The van der Waals surface area contributed by atoms with Gasteiger partial charge in [-0.2, -0.15) is 0 Å². The molecule has 0 bridgehead atoms. The van der Waals surface area contributed by atoms with E-state index in [1.807, 2.05) is 0 Å². The summed E-state index contributed by atoms with van der Waals surface area (Å²) in [5.74, 6) is 0.787. The van der Waals surface area contributed by atoms with Crippen molar-refractivity contribution in [3.63, 3.8) is 0 Å². The minimum Gasteiger partial charge on any atom is -0.315 e. The van der Waals surface area contributed by atoms with Crippen molar-refractivity contribution < 1.29 is 0 Å². The number of rotatable bonds is 0. The molecule has 0 amide bonds. The minimum absolute atomic E-state index is 0.648. The molecule has 1 aliphatic heterocycles. The van der Waals surface area contributed by atoms with Crippen molar-refractivity contribution in [1.82, 2.24) is 10.6 Å². The van der Waals surface area contributed by atoms with Gasteiger partial charge >= 0.3 is 0 Å². The summed E-state index contributed by atoms with van der Waals surface area (Å²) in [6, 6.07) is 0.648. The third-order valence-corrected chi connectivity index (χ3v) is 1.76. The molecule has 0 aliphatic carbocycles. The molecule has 0 spiro atoms. The van der Waals surface area contributed by atoms with Crippen LogP contribution < -0.4 is 10.6 Å². The van der Waals surface area contributed by atoms with Gasteiger partial charge in [0.1, 0.15) is 0 Å². The molecular weight excluding hydrogens is 112 g/mol.